The number of carbonyl (C=O) groups is 1. The molecule has 0 saturated heterocycles. The fourth-order valence-electron chi connectivity index (χ4n) is 1.80. The van der Waals surface area contributed by atoms with Gasteiger partial charge in [0.2, 0.25) is 0 Å². The summed E-state index contributed by atoms with van der Waals surface area (Å²) in [6.07, 6.45) is 1.08. The van der Waals surface area contributed by atoms with Crippen molar-refractivity contribution < 1.29 is 14.6 Å². The van der Waals surface area contributed by atoms with Gasteiger partial charge in [-0.2, -0.15) is 0 Å². The monoisotopic (exact) mass is 221 g/mol. The van der Waals surface area contributed by atoms with E-state index in [-0.39, 0.29) is 13.0 Å². The van der Waals surface area contributed by atoms with Crippen molar-refractivity contribution in [2.24, 2.45) is 0 Å². The molecule has 4 nitrogen and oxygen atoms in total. The van der Waals surface area contributed by atoms with Crippen LogP contribution in [0.4, 0.5) is 0 Å². The molecule has 0 spiro atoms. The molecule has 1 aromatic rings. The molecule has 0 unspecified atom stereocenters. The van der Waals surface area contributed by atoms with Crippen LogP contribution in [0.5, 0.6) is 5.75 Å². The second-order valence-electron chi connectivity index (χ2n) is 3.85. The Morgan fingerprint density at radius 3 is 3.12 bits per heavy atom. The van der Waals surface area contributed by atoms with Crippen molar-refractivity contribution in [3.8, 4) is 5.75 Å². The Kier molecular flexibility index (Phi) is 3.41. The number of carboxylic acids is 1. The molecule has 1 aliphatic heterocycles. The molecule has 2 rings (SSSR count). The number of aliphatic carboxylic acids is 1. The van der Waals surface area contributed by atoms with Crippen LogP contribution in [0.15, 0.2) is 18.2 Å². The standard InChI is InChI=1S/C12H15NO3/c14-12(15)4-6-16-11-2-1-9-3-5-13-8-10(9)7-11/h1-2,7,13H,3-6,8H2,(H,14,15). The molecular formula is C12H15NO3. The second-order valence-corrected chi connectivity index (χ2v) is 3.85. The fourth-order valence-corrected chi connectivity index (χ4v) is 1.80. The van der Waals surface area contributed by atoms with Crippen LogP contribution in [0.25, 0.3) is 0 Å². The van der Waals surface area contributed by atoms with Gasteiger partial charge in [-0.1, -0.05) is 6.07 Å². The normalized spacial score (nSPS) is 14.2. The van der Waals surface area contributed by atoms with E-state index in [1.807, 2.05) is 12.1 Å². The highest BCUT2D eigenvalue weighted by Gasteiger charge is 2.09. The van der Waals surface area contributed by atoms with Crippen LogP contribution < -0.4 is 10.1 Å². The number of nitrogens with one attached hydrogen (secondary N) is 1. The van der Waals surface area contributed by atoms with Gasteiger partial charge >= 0.3 is 5.97 Å². The third-order valence-corrected chi connectivity index (χ3v) is 2.65. The molecule has 16 heavy (non-hydrogen) atoms. The second kappa shape index (κ2) is 4.99. The number of rotatable bonds is 4. The minimum absolute atomic E-state index is 0.0370. The lowest BCUT2D eigenvalue weighted by Gasteiger charge is -2.17. The van der Waals surface area contributed by atoms with Crippen LogP contribution in [0.3, 0.4) is 0 Å². The summed E-state index contributed by atoms with van der Waals surface area (Å²) in [6.45, 7) is 2.11. The summed E-state index contributed by atoms with van der Waals surface area (Å²) >= 11 is 0. The quantitative estimate of drug-likeness (QED) is 0.801. The van der Waals surface area contributed by atoms with Gasteiger partial charge in [0.25, 0.3) is 0 Å². The zero-order valence-electron chi connectivity index (χ0n) is 9.03. The van der Waals surface area contributed by atoms with Crippen LogP contribution in [0.1, 0.15) is 17.5 Å². The van der Waals surface area contributed by atoms with Crippen LogP contribution in [-0.4, -0.2) is 24.2 Å². The maximum Gasteiger partial charge on any atom is 0.306 e. The van der Waals surface area contributed by atoms with E-state index in [2.05, 4.69) is 11.4 Å². The average molecular weight is 221 g/mol. The maximum absolute atomic E-state index is 10.3. The van der Waals surface area contributed by atoms with Gasteiger partial charge in [0.05, 0.1) is 13.0 Å². The highest BCUT2D eigenvalue weighted by atomic mass is 16.5. The molecule has 1 heterocycles. The lowest BCUT2D eigenvalue weighted by molar-refractivity contribution is -0.137. The Labute approximate surface area is 94.2 Å². The van der Waals surface area contributed by atoms with Gasteiger partial charge in [0.1, 0.15) is 5.75 Å². The van der Waals surface area contributed by atoms with E-state index in [0.29, 0.717) is 0 Å². The van der Waals surface area contributed by atoms with Gasteiger partial charge in [0.15, 0.2) is 0 Å². The topological polar surface area (TPSA) is 58.6 Å². The molecule has 1 aliphatic rings. The summed E-state index contributed by atoms with van der Waals surface area (Å²) in [5.41, 5.74) is 2.60. The smallest absolute Gasteiger partial charge is 0.306 e. The number of hydrogen-bond acceptors (Lipinski definition) is 3. The van der Waals surface area contributed by atoms with Gasteiger partial charge in [-0.3, -0.25) is 4.79 Å². The van der Waals surface area contributed by atoms with E-state index < -0.39 is 5.97 Å². The van der Waals surface area contributed by atoms with E-state index in [1.165, 1.54) is 11.1 Å². The lowest BCUT2D eigenvalue weighted by Crippen LogP contribution is -2.23. The first kappa shape index (κ1) is 11.0. The van der Waals surface area contributed by atoms with E-state index in [0.717, 1.165) is 25.3 Å². The molecule has 0 saturated carbocycles. The predicted octanol–water partition coefficient (Wildman–Crippen LogP) is 1.19. The molecule has 0 aromatic heterocycles. The Balaban J connectivity index is 1.97. The molecule has 1 aromatic carbocycles. The van der Waals surface area contributed by atoms with Crippen molar-refractivity contribution in [3.63, 3.8) is 0 Å². The van der Waals surface area contributed by atoms with Gasteiger partial charge in [-0.15, -0.1) is 0 Å². The summed E-state index contributed by atoms with van der Waals surface area (Å²) in [5, 5.41) is 11.8. The Hall–Kier alpha value is -1.55. The van der Waals surface area contributed by atoms with Gasteiger partial charge < -0.3 is 15.2 Å². The van der Waals surface area contributed by atoms with Crippen LogP contribution in [0.2, 0.25) is 0 Å². The lowest BCUT2D eigenvalue weighted by atomic mass is 10.0. The fraction of sp³-hybridized carbons (Fsp3) is 0.417. The van der Waals surface area contributed by atoms with Crippen LogP contribution in [0, 0.1) is 0 Å². The summed E-state index contributed by atoms with van der Waals surface area (Å²) in [5.74, 6) is -0.0803. The number of carboxylic acid groups (broad SMARTS) is 1. The zero-order valence-corrected chi connectivity index (χ0v) is 9.03. The van der Waals surface area contributed by atoms with Gasteiger partial charge in [0, 0.05) is 6.54 Å². The Morgan fingerprint density at radius 2 is 2.31 bits per heavy atom. The SMILES string of the molecule is O=C(O)CCOc1ccc2c(c1)CNCC2. The molecule has 0 atom stereocenters. The first-order chi connectivity index (χ1) is 7.75. The third kappa shape index (κ3) is 2.73. The predicted molar refractivity (Wildman–Crippen MR) is 59.6 cm³/mol. The Bertz CT molecular complexity index is 390. The van der Waals surface area contributed by atoms with Crippen molar-refractivity contribution in [1.82, 2.24) is 5.32 Å². The minimum Gasteiger partial charge on any atom is -0.493 e. The highest BCUT2D eigenvalue weighted by molar-refractivity contribution is 5.66. The van der Waals surface area contributed by atoms with E-state index in [1.54, 1.807) is 0 Å². The molecule has 0 aliphatic carbocycles. The van der Waals surface area contributed by atoms with Crippen molar-refractivity contribution in [3.05, 3.63) is 29.3 Å². The first-order valence-electron chi connectivity index (χ1n) is 5.43. The molecule has 0 amide bonds. The summed E-state index contributed by atoms with van der Waals surface area (Å²) in [6, 6.07) is 5.96. The van der Waals surface area contributed by atoms with Crippen LogP contribution in [-0.2, 0) is 17.8 Å². The number of fused-ring (bicyclic) bond motifs is 1. The number of benzene rings is 1. The van der Waals surface area contributed by atoms with E-state index >= 15 is 0 Å². The zero-order chi connectivity index (χ0) is 11.4. The average Bonchev–Trinajstić information content (AvgIpc) is 2.28. The van der Waals surface area contributed by atoms with E-state index in [4.69, 9.17) is 9.84 Å². The van der Waals surface area contributed by atoms with Crippen molar-refractivity contribution in [2.75, 3.05) is 13.2 Å². The first-order valence-corrected chi connectivity index (χ1v) is 5.43. The molecule has 0 bridgehead atoms. The van der Waals surface area contributed by atoms with Crippen LogP contribution >= 0.6 is 0 Å². The molecule has 86 valence electrons. The summed E-state index contributed by atoms with van der Waals surface area (Å²) in [7, 11) is 0. The molecule has 0 fully saturated rings. The van der Waals surface area contributed by atoms with Crippen molar-refractivity contribution >= 4 is 5.97 Å². The largest absolute Gasteiger partial charge is 0.493 e. The molecule has 0 radical (unpaired) electrons. The Morgan fingerprint density at radius 1 is 1.44 bits per heavy atom. The van der Waals surface area contributed by atoms with Crippen molar-refractivity contribution in [2.45, 2.75) is 19.4 Å². The third-order valence-electron chi connectivity index (χ3n) is 2.65. The van der Waals surface area contributed by atoms with Crippen molar-refractivity contribution in [1.29, 1.82) is 0 Å². The highest BCUT2D eigenvalue weighted by Crippen LogP contribution is 2.20. The number of ether oxygens (including phenoxy) is 1. The van der Waals surface area contributed by atoms with Gasteiger partial charge in [-0.05, 0) is 36.2 Å². The summed E-state index contributed by atoms with van der Waals surface area (Å²) in [4.78, 5) is 10.3. The summed E-state index contributed by atoms with van der Waals surface area (Å²) < 4.78 is 5.37. The maximum atomic E-state index is 10.3. The minimum atomic E-state index is -0.834. The number of hydrogen-bond donors (Lipinski definition) is 2. The van der Waals surface area contributed by atoms with Gasteiger partial charge in [-0.25, -0.2) is 0 Å². The van der Waals surface area contributed by atoms with E-state index in [9.17, 15) is 4.79 Å². The molecule has 2 N–H and O–H groups in total. The molecular weight excluding hydrogens is 206 g/mol. The molecule has 4 heteroatoms.